The molecule has 1 aliphatic rings. The highest BCUT2D eigenvalue weighted by molar-refractivity contribution is 6.22. The Morgan fingerprint density at radius 3 is 2.08 bits per heavy atom. The molecule has 0 radical (unpaired) electrons. The van der Waals surface area contributed by atoms with E-state index in [9.17, 15) is 23.2 Å². The average Bonchev–Trinajstić information content (AvgIpc) is 2.88. The second kappa shape index (κ2) is 6.67. The number of nitrogens with zero attached hydrogens (tertiary/aromatic N) is 1. The molecule has 2 unspecified atom stereocenters. The molecule has 134 valence electrons. The third kappa shape index (κ3) is 2.96. The summed E-state index contributed by atoms with van der Waals surface area (Å²) in [6, 6.07) is 8.00. The van der Waals surface area contributed by atoms with Crippen molar-refractivity contribution in [3.8, 4) is 0 Å². The van der Waals surface area contributed by atoms with E-state index in [1.165, 1.54) is 25.1 Å². The summed E-state index contributed by atoms with van der Waals surface area (Å²) in [5.41, 5.74) is 0.878. The van der Waals surface area contributed by atoms with Gasteiger partial charge in [0.1, 0.15) is 6.04 Å². The lowest BCUT2D eigenvalue weighted by molar-refractivity contribution is -0.125. The summed E-state index contributed by atoms with van der Waals surface area (Å²) < 4.78 is 26.4. The number of amides is 3. The SMILES string of the molecule is CC(NC(=O)C(C)N1C(=O)c2ccccc2C1=O)c1ccc(F)c(F)c1. The molecule has 0 spiro atoms. The number of carbonyl (C=O) groups excluding carboxylic acids is 3. The van der Waals surface area contributed by atoms with E-state index in [0.29, 0.717) is 5.56 Å². The topological polar surface area (TPSA) is 66.5 Å². The van der Waals surface area contributed by atoms with Crippen LogP contribution in [0.1, 0.15) is 46.2 Å². The minimum absolute atomic E-state index is 0.255. The van der Waals surface area contributed by atoms with E-state index < -0.39 is 41.4 Å². The zero-order valence-electron chi connectivity index (χ0n) is 14.1. The predicted molar refractivity (Wildman–Crippen MR) is 89.3 cm³/mol. The first-order chi connectivity index (χ1) is 12.3. The smallest absolute Gasteiger partial charge is 0.262 e. The minimum atomic E-state index is -1.05. The van der Waals surface area contributed by atoms with E-state index in [4.69, 9.17) is 0 Å². The van der Waals surface area contributed by atoms with Crippen molar-refractivity contribution in [2.45, 2.75) is 25.9 Å². The van der Waals surface area contributed by atoms with Gasteiger partial charge in [0.15, 0.2) is 11.6 Å². The largest absolute Gasteiger partial charge is 0.348 e. The van der Waals surface area contributed by atoms with Gasteiger partial charge < -0.3 is 5.32 Å². The third-order valence-electron chi connectivity index (χ3n) is 4.39. The van der Waals surface area contributed by atoms with Crippen LogP contribution in [0.25, 0.3) is 0 Å². The Balaban J connectivity index is 1.75. The molecule has 1 N–H and O–H groups in total. The molecule has 2 aromatic carbocycles. The summed E-state index contributed by atoms with van der Waals surface area (Å²) in [4.78, 5) is 38.2. The summed E-state index contributed by atoms with van der Waals surface area (Å²) >= 11 is 0. The summed E-state index contributed by atoms with van der Waals surface area (Å²) in [6.07, 6.45) is 0. The van der Waals surface area contributed by atoms with Gasteiger partial charge in [0.25, 0.3) is 11.8 Å². The minimum Gasteiger partial charge on any atom is -0.348 e. The predicted octanol–water partition coefficient (Wildman–Crippen LogP) is 2.83. The molecule has 3 rings (SSSR count). The first-order valence-corrected chi connectivity index (χ1v) is 8.03. The van der Waals surface area contributed by atoms with Crippen LogP contribution >= 0.6 is 0 Å². The number of benzene rings is 2. The zero-order valence-corrected chi connectivity index (χ0v) is 14.1. The maximum atomic E-state index is 13.4. The molecule has 26 heavy (non-hydrogen) atoms. The molecule has 0 fully saturated rings. The molecule has 1 heterocycles. The molecule has 0 bridgehead atoms. The van der Waals surface area contributed by atoms with Gasteiger partial charge in [0, 0.05) is 0 Å². The molecule has 7 heteroatoms. The molecular formula is C19H16F2N2O3. The monoisotopic (exact) mass is 358 g/mol. The first kappa shape index (κ1) is 17.7. The Kier molecular flexibility index (Phi) is 4.54. The van der Waals surface area contributed by atoms with Crippen LogP contribution in [0.15, 0.2) is 42.5 Å². The maximum Gasteiger partial charge on any atom is 0.262 e. The highest BCUT2D eigenvalue weighted by Crippen LogP contribution is 2.25. The molecule has 2 aromatic rings. The van der Waals surface area contributed by atoms with Crippen LogP contribution in [0.5, 0.6) is 0 Å². The second-order valence-electron chi connectivity index (χ2n) is 6.11. The quantitative estimate of drug-likeness (QED) is 0.855. The van der Waals surface area contributed by atoms with Crippen molar-refractivity contribution in [3.05, 3.63) is 70.8 Å². The number of hydrogen-bond donors (Lipinski definition) is 1. The standard InChI is InChI=1S/C19H16F2N2O3/c1-10(12-7-8-15(20)16(21)9-12)22-17(24)11(2)23-18(25)13-5-3-4-6-14(13)19(23)26/h3-11H,1-2H3,(H,22,24). The van der Waals surface area contributed by atoms with E-state index in [0.717, 1.165) is 17.0 Å². The Labute approximate surface area is 148 Å². The lowest BCUT2D eigenvalue weighted by Crippen LogP contribution is -2.48. The molecule has 5 nitrogen and oxygen atoms in total. The zero-order chi connectivity index (χ0) is 19.0. The third-order valence-corrected chi connectivity index (χ3v) is 4.39. The van der Waals surface area contributed by atoms with Crippen LogP contribution in [0, 0.1) is 11.6 Å². The van der Waals surface area contributed by atoms with Gasteiger partial charge in [-0.2, -0.15) is 0 Å². The number of imide groups is 1. The summed E-state index contributed by atoms with van der Waals surface area (Å²) in [5, 5.41) is 2.61. The number of carbonyl (C=O) groups is 3. The van der Waals surface area contributed by atoms with Gasteiger partial charge >= 0.3 is 0 Å². The fourth-order valence-electron chi connectivity index (χ4n) is 2.88. The van der Waals surface area contributed by atoms with E-state index in [2.05, 4.69) is 5.32 Å². The van der Waals surface area contributed by atoms with Crippen LogP contribution in [0.3, 0.4) is 0 Å². The van der Waals surface area contributed by atoms with Crippen molar-refractivity contribution < 1.29 is 23.2 Å². The number of rotatable bonds is 4. The maximum absolute atomic E-state index is 13.4. The van der Waals surface area contributed by atoms with Gasteiger partial charge in [0.2, 0.25) is 5.91 Å². The fraction of sp³-hybridized carbons (Fsp3) is 0.211. The Hall–Kier alpha value is -3.09. The lowest BCUT2D eigenvalue weighted by Gasteiger charge is -2.24. The van der Waals surface area contributed by atoms with Gasteiger partial charge in [-0.3, -0.25) is 19.3 Å². The summed E-state index contributed by atoms with van der Waals surface area (Å²) in [6.45, 7) is 3.04. The fourth-order valence-corrected chi connectivity index (χ4v) is 2.88. The molecule has 3 amide bonds. The van der Waals surface area contributed by atoms with Crippen molar-refractivity contribution in [2.75, 3.05) is 0 Å². The van der Waals surface area contributed by atoms with Gasteiger partial charge in [0.05, 0.1) is 17.2 Å². The van der Waals surface area contributed by atoms with E-state index in [1.54, 1.807) is 19.1 Å². The summed E-state index contributed by atoms with van der Waals surface area (Å²) in [5.74, 6) is -3.64. The Bertz CT molecular complexity index is 878. The Morgan fingerprint density at radius 1 is 0.962 bits per heavy atom. The Morgan fingerprint density at radius 2 is 1.54 bits per heavy atom. The van der Waals surface area contributed by atoms with Gasteiger partial charge in [-0.05, 0) is 43.7 Å². The van der Waals surface area contributed by atoms with Crippen LogP contribution in [-0.4, -0.2) is 28.7 Å². The molecule has 0 aliphatic carbocycles. The van der Waals surface area contributed by atoms with Crippen molar-refractivity contribution in [2.24, 2.45) is 0 Å². The molecule has 1 aliphatic heterocycles. The molecule has 0 saturated heterocycles. The highest BCUT2D eigenvalue weighted by atomic mass is 19.2. The number of nitrogens with one attached hydrogen (secondary N) is 1. The van der Waals surface area contributed by atoms with Gasteiger partial charge in [-0.15, -0.1) is 0 Å². The van der Waals surface area contributed by atoms with Crippen LogP contribution in [-0.2, 0) is 4.79 Å². The van der Waals surface area contributed by atoms with Crippen LogP contribution in [0.4, 0.5) is 8.78 Å². The van der Waals surface area contributed by atoms with Crippen LogP contribution in [0.2, 0.25) is 0 Å². The lowest BCUT2D eigenvalue weighted by atomic mass is 10.1. The number of fused-ring (bicyclic) bond motifs is 1. The molecule has 0 saturated carbocycles. The van der Waals surface area contributed by atoms with E-state index in [1.807, 2.05) is 0 Å². The van der Waals surface area contributed by atoms with Crippen molar-refractivity contribution >= 4 is 17.7 Å². The van der Waals surface area contributed by atoms with E-state index >= 15 is 0 Å². The van der Waals surface area contributed by atoms with Gasteiger partial charge in [-0.25, -0.2) is 8.78 Å². The second-order valence-corrected chi connectivity index (χ2v) is 6.11. The molecular weight excluding hydrogens is 342 g/mol. The highest BCUT2D eigenvalue weighted by Gasteiger charge is 2.40. The first-order valence-electron chi connectivity index (χ1n) is 8.03. The van der Waals surface area contributed by atoms with Gasteiger partial charge in [-0.1, -0.05) is 18.2 Å². The van der Waals surface area contributed by atoms with Crippen molar-refractivity contribution in [1.82, 2.24) is 10.2 Å². The molecule has 2 atom stereocenters. The normalized spacial score (nSPS) is 15.6. The molecule has 0 aromatic heterocycles. The van der Waals surface area contributed by atoms with Crippen LogP contribution < -0.4 is 5.32 Å². The van der Waals surface area contributed by atoms with Crippen molar-refractivity contribution in [3.63, 3.8) is 0 Å². The number of halogens is 2. The van der Waals surface area contributed by atoms with E-state index in [-0.39, 0.29) is 11.1 Å². The van der Waals surface area contributed by atoms with Crippen molar-refractivity contribution in [1.29, 1.82) is 0 Å². The average molecular weight is 358 g/mol. The number of hydrogen-bond acceptors (Lipinski definition) is 3. The summed E-state index contributed by atoms with van der Waals surface area (Å²) in [7, 11) is 0.